The van der Waals surface area contributed by atoms with E-state index in [1.54, 1.807) is 5.51 Å². The summed E-state index contributed by atoms with van der Waals surface area (Å²) >= 11 is 2.69. The summed E-state index contributed by atoms with van der Waals surface area (Å²) < 4.78 is 23.3. The Morgan fingerprint density at radius 1 is 1.32 bits per heavy atom. The Morgan fingerprint density at radius 3 is 2.53 bits per heavy atom. The zero-order valence-corrected chi connectivity index (χ0v) is 12.4. The highest BCUT2D eigenvalue weighted by atomic mass is 32.2. The highest BCUT2D eigenvalue weighted by Crippen LogP contribution is 2.20. The predicted molar refractivity (Wildman–Crippen MR) is 74.5 cm³/mol. The molecule has 0 spiro atoms. The van der Waals surface area contributed by atoms with Crippen molar-refractivity contribution in [2.45, 2.75) is 9.24 Å². The summed E-state index contributed by atoms with van der Waals surface area (Å²) in [4.78, 5) is 12.1. The molecule has 19 heavy (non-hydrogen) atoms. The van der Waals surface area contributed by atoms with Crippen LogP contribution < -0.4 is 0 Å². The number of aromatic nitrogens is 2. The van der Waals surface area contributed by atoms with Gasteiger partial charge in [0.1, 0.15) is 5.51 Å². The number of ketones is 1. The third kappa shape index (κ3) is 3.85. The van der Waals surface area contributed by atoms with Crippen molar-refractivity contribution in [2.75, 3.05) is 12.0 Å². The Kier molecular flexibility index (Phi) is 4.33. The smallest absolute Gasteiger partial charge is 0.175 e. The van der Waals surface area contributed by atoms with Gasteiger partial charge >= 0.3 is 0 Å². The molecule has 0 bridgehead atoms. The molecule has 0 amide bonds. The zero-order chi connectivity index (χ0) is 13.9. The van der Waals surface area contributed by atoms with Gasteiger partial charge in [0.2, 0.25) is 0 Å². The number of nitrogens with zero attached hydrogens (tertiary/aromatic N) is 2. The van der Waals surface area contributed by atoms with Crippen molar-refractivity contribution in [3.8, 4) is 0 Å². The fourth-order valence-corrected chi connectivity index (χ4v) is 3.34. The van der Waals surface area contributed by atoms with E-state index in [2.05, 4.69) is 10.2 Å². The average Bonchev–Trinajstić information content (AvgIpc) is 2.88. The van der Waals surface area contributed by atoms with E-state index in [1.165, 1.54) is 47.4 Å². The molecule has 0 N–H and O–H groups in total. The van der Waals surface area contributed by atoms with E-state index >= 15 is 0 Å². The Hall–Kier alpha value is -1.25. The molecule has 1 aromatic carbocycles. The van der Waals surface area contributed by atoms with Crippen LogP contribution >= 0.6 is 23.1 Å². The second kappa shape index (κ2) is 5.81. The van der Waals surface area contributed by atoms with Crippen LogP contribution in [0.15, 0.2) is 39.0 Å². The second-order valence-corrected chi connectivity index (χ2v) is 7.78. The lowest BCUT2D eigenvalue weighted by atomic mass is 10.1. The standard InChI is InChI=1S/C11H10N2O3S3/c1-19(15,16)9-4-2-8(3-5-9)10(14)6-17-11-13-12-7-18-11/h2-5,7H,6H2,1H3. The van der Waals surface area contributed by atoms with Crippen molar-refractivity contribution in [1.29, 1.82) is 0 Å². The molecule has 100 valence electrons. The maximum absolute atomic E-state index is 11.9. The summed E-state index contributed by atoms with van der Waals surface area (Å²) in [5.74, 6) is 0.188. The lowest BCUT2D eigenvalue weighted by Gasteiger charge is -2.01. The van der Waals surface area contributed by atoms with E-state index in [-0.39, 0.29) is 16.4 Å². The van der Waals surface area contributed by atoms with Crippen molar-refractivity contribution in [2.24, 2.45) is 0 Å². The number of hydrogen-bond acceptors (Lipinski definition) is 7. The molecule has 0 aliphatic heterocycles. The first kappa shape index (κ1) is 14.2. The fraction of sp³-hybridized carbons (Fsp3) is 0.182. The number of Topliss-reactive ketones (excluding diaryl/α,β-unsaturated/α-hetero) is 1. The molecule has 0 radical (unpaired) electrons. The first-order chi connectivity index (χ1) is 8.97. The number of rotatable bonds is 5. The largest absolute Gasteiger partial charge is 0.293 e. The van der Waals surface area contributed by atoms with Gasteiger partial charge in [0, 0.05) is 11.8 Å². The molecule has 8 heteroatoms. The number of hydrogen-bond donors (Lipinski definition) is 0. The van der Waals surface area contributed by atoms with Crippen molar-refractivity contribution in [3.05, 3.63) is 35.3 Å². The number of carbonyl (C=O) groups is 1. The molecule has 0 atom stereocenters. The van der Waals surface area contributed by atoms with Crippen LogP contribution in [-0.4, -0.2) is 36.4 Å². The molecular weight excluding hydrogens is 304 g/mol. The van der Waals surface area contributed by atoms with Crippen LogP contribution in [0.1, 0.15) is 10.4 Å². The van der Waals surface area contributed by atoms with Crippen LogP contribution in [0.5, 0.6) is 0 Å². The monoisotopic (exact) mass is 314 g/mol. The molecule has 5 nitrogen and oxygen atoms in total. The number of thioether (sulfide) groups is 1. The van der Waals surface area contributed by atoms with Crippen LogP contribution in [0, 0.1) is 0 Å². The van der Waals surface area contributed by atoms with Gasteiger partial charge in [0.25, 0.3) is 0 Å². The minimum absolute atomic E-state index is 0.0692. The maximum atomic E-state index is 11.9. The predicted octanol–water partition coefficient (Wildman–Crippen LogP) is 1.92. The van der Waals surface area contributed by atoms with Gasteiger partial charge in [0.15, 0.2) is 20.0 Å². The lowest BCUT2D eigenvalue weighted by Crippen LogP contribution is -2.03. The van der Waals surface area contributed by atoms with Gasteiger partial charge in [0.05, 0.1) is 10.6 Å². The molecule has 2 aromatic rings. The molecule has 0 aliphatic rings. The molecule has 1 aromatic heterocycles. The Bertz CT molecular complexity index is 664. The molecule has 2 rings (SSSR count). The van der Waals surface area contributed by atoms with Crippen molar-refractivity contribution >= 4 is 38.7 Å². The van der Waals surface area contributed by atoms with Gasteiger partial charge in [-0.05, 0) is 12.1 Å². The first-order valence-electron chi connectivity index (χ1n) is 5.19. The highest BCUT2D eigenvalue weighted by Gasteiger charge is 2.11. The minimum Gasteiger partial charge on any atom is -0.293 e. The van der Waals surface area contributed by atoms with E-state index in [0.29, 0.717) is 5.56 Å². The van der Waals surface area contributed by atoms with E-state index in [9.17, 15) is 13.2 Å². The van der Waals surface area contributed by atoms with Crippen molar-refractivity contribution < 1.29 is 13.2 Å². The molecule has 0 saturated heterocycles. The van der Waals surface area contributed by atoms with Gasteiger partial charge in [-0.25, -0.2) is 8.42 Å². The van der Waals surface area contributed by atoms with E-state index in [0.717, 1.165) is 10.6 Å². The summed E-state index contributed by atoms with van der Waals surface area (Å²) in [6.07, 6.45) is 1.13. The molecule has 0 saturated carbocycles. The van der Waals surface area contributed by atoms with Crippen LogP contribution in [0.2, 0.25) is 0 Å². The van der Waals surface area contributed by atoms with Gasteiger partial charge in [-0.2, -0.15) is 0 Å². The second-order valence-electron chi connectivity index (χ2n) is 3.71. The number of carbonyl (C=O) groups excluding carboxylic acids is 1. The summed E-state index contributed by atoms with van der Waals surface area (Å²) in [5, 5.41) is 7.51. The van der Waals surface area contributed by atoms with E-state index < -0.39 is 9.84 Å². The third-order valence-electron chi connectivity index (χ3n) is 2.27. The lowest BCUT2D eigenvalue weighted by molar-refractivity contribution is 0.102. The van der Waals surface area contributed by atoms with Gasteiger partial charge in [-0.3, -0.25) is 4.79 Å². The van der Waals surface area contributed by atoms with Gasteiger partial charge in [-0.1, -0.05) is 35.2 Å². The Balaban J connectivity index is 2.04. The van der Waals surface area contributed by atoms with Crippen molar-refractivity contribution in [1.82, 2.24) is 10.2 Å². The fourth-order valence-electron chi connectivity index (χ4n) is 1.32. The molecular formula is C11H10N2O3S3. The molecule has 0 aliphatic carbocycles. The molecule has 0 unspecified atom stereocenters. The molecule has 0 fully saturated rings. The van der Waals surface area contributed by atoms with Crippen LogP contribution in [-0.2, 0) is 9.84 Å². The number of sulfone groups is 1. The normalized spacial score (nSPS) is 11.4. The van der Waals surface area contributed by atoms with Gasteiger partial charge < -0.3 is 0 Å². The summed E-state index contributed by atoms with van der Waals surface area (Å²) in [5.41, 5.74) is 2.10. The summed E-state index contributed by atoms with van der Waals surface area (Å²) in [6.45, 7) is 0. The molecule has 1 heterocycles. The quantitative estimate of drug-likeness (QED) is 0.620. The minimum atomic E-state index is -3.23. The van der Waals surface area contributed by atoms with Crippen LogP contribution in [0.4, 0.5) is 0 Å². The van der Waals surface area contributed by atoms with Crippen LogP contribution in [0.25, 0.3) is 0 Å². The number of benzene rings is 1. The highest BCUT2D eigenvalue weighted by molar-refractivity contribution is 8.01. The average molecular weight is 314 g/mol. The van der Waals surface area contributed by atoms with E-state index in [1.807, 2.05) is 0 Å². The SMILES string of the molecule is CS(=O)(=O)c1ccc(C(=O)CSc2nncs2)cc1. The zero-order valence-electron chi connectivity index (χ0n) is 9.94. The maximum Gasteiger partial charge on any atom is 0.175 e. The summed E-state index contributed by atoms with van der Waals surface area (Å²) in [6, 6.07) is 5.94. The van der Waals surface area contributed by atoms with Gasteiger partial charge in [-0.15, -0.1) is 10.2 Å². The third-order valence-corrected chi connectivity index (χ3v) is 5.26. The van der Waals surface area contributed by atoms with E-state index in [4.69, 9.17) is 0 Å². The topological polar surface area (TPSA) is 77.0 Å². The Morgan fingerprint density at radius 2 is 2.00 bits per heavy atom. The summed E-state index contributed by atoms with van der Waals surface area (Å²) in [7, 11) is -3.23. The van der Waals surface area contributed by atoms with Crippen LogP contribution in [0.3, 0.4) is 0 Å². The van der Waals surface area contributed by atoms with Crippen molar-refractivity contribution in [3.63, 3.8) is 0 Å². The Labute approximate surface area is 119 Å². The first-order valence-corrected chi connectivity index (χ1v) is 8.95.